The first-order valence-electron chi connectivity index (χ1n) is 0. The molecule has 22 valence electrons. The fraction of sp³-hybridized carbons (Fsp3) is 0. The van der Waals surface area contributed by atoms with Gasteiger partial charge in [0.25, 0.3) is 0 Å². The van der Waals surface area contributed by atoms with E-state index in [0.29, 0.717) is 0 Å². The molecule has 0 aliphatic carbocycles. The second kappa shape index (κ2) is 18.3. The normalized spacial score (nSPS) is 0. The average molecular weight is 149 g/mol. The Morgan fingerprint density at radius 2 is 1.00 bits per heavy atom. The third-order valence-electron chi connectivity index (χ3n) is 0. The summed E-state index contributed by atoms with van der Waals surface area (Å²) in [6.07, 6.45) is 0. The number of rotatable bonds is 0. The maximum absolute atomic E-state index is 0. The minimum absolute atomic E-state index is 0. The van der Waals surface area contributed by atoms with Crippen molar-refractivity contribution in [2.75, 3.05) is 0 Å². The summed E-state index contributed by atoms with van der Waals surface area (Å²) in [6.45, 7) is 0. The molecule has 0 aromatic rings. The standard InChI is InChI=1S/Co.Li.Mg.Ni. The van der Waals surface area contributed by atoms with E-state index < -0.39 is 0 Å². The quantitative estimate of drug-likeness (QED) is 0.397. The molecule has 0 N–H and O–H groups in total. The van der Waals surface area contributed by atoms with Crippen molar-refractivity contribution < 1.29 is 33.3 Å². The van der Waals surface area contributed by atoms with Gasteiger partial charge in [0.1, 0.15) is 0 Å². The van der Waals surface area contributed by atoms with Crippen molar-refractivity contribution in [2.45, 2.75) is 0 Å². The van der Waals surface area contributed by atoms with Crippen LogP contribution in [0.1, 0.15) is 0 Å². The Morgan fingerprint density at radius 1 is 1.00 bits per heavy atom. The predicted octanol–water partition coefficient (Wildman–Crippen LogP) is -0.767. The van der Waals surface area contributed by atoms with Crippen LogP contribution in [0.25, 0.3) is 0 Å². The van der Waals surface area contributed by atoms with E-state index in [1.54, 1.807) is 0 Å². The molecule has 0 bridgehead atoms. The molecule has 4 radical (unpaired) electrons. The second-order valence-electron chi connectivity index (χ2n) is 0. The zero-order valence-electron chi connectivity index (χ0n) is 2.36. The van der Waals surface area contributed by atoms with E-state index >= 15 is 0 Å². The second-order valence-corrected chi connectivity index (χ2v) is 0. The molecule has 0 saturated carbocycles. The first-order chi connectivity index (χ1) is 0. The van der Waals surface area contributed by atoms with Crippen molar-refractivity contribution in [2.24, 2.45) is 0 Å². The van der Waals surface area contributed by atoms with Gasteiger partial charge in [-0.25, -0.2) is 0 Å². The topological polar surface area (TPSA) is 0 Å². The van der Waals surface area contributed by atoms with Gasteiger partial charge in [-0.05, 0) is 0 Å². The molecule has 0 aromatic heterocycles. The Bertz CT molecular complexity index is 8.00. The van der Waals surface area contributed by atoms with Crippen molar-refractivity contribution >= 4 is 41.9 Å². The molecule has 0 atom stereocenters. The first-order valence-corrected chi connectivity index (χ1v) is 0. The van der Waals surface area contributed by atoms with Crippen LogP contribution < -0.4 is 0 Å². The fourth-order valence-corrected chi connectivity index (χ4v) is 0. The summed E-state index contributed by atoms with van der Waals surface area (Å²) in [5, 5.41) is 0. The van der Waals surface area contributed by atoms with Crippen molar-refractivity contribution in [3.63, 3.8) is 0 Å². The summed E-state index contributed by atoms with van der Waals surface area (Å²) in [7, 11) is 0. The van der Waals surface area contributed by atoms with Gasteiger partial charge in [0.15, 0.2) is 0 Å². The molecule has 0 aliphatic rings. The van der Waals surface area contributed by atoms with Crippen LogP contribution >= 0.6 is 0 Å². The number of hydrogen-bond acceptors (Lipinski definition) is 0. The molecular formula is CoLiMgNi. The van der Waals surface area contributed by atoms with E-state index in [2.05, 4.69) is 0 Å². The Hall–Kier alpha value is 2.36. The summed E-state index contributed by atoms with van der Waals surface area (Å²) in [6, 6.07) is 0. The summed E-state index contributed by atoms with van der Waals surface area (Å²) >= 11 is 0. The van der Waals surface area contributed by atoms with Crippen LogP contribution in [-0.2, 0) is 33.3 Å². The van der Waals surface area contributed by atoms with E-state index in [-0.39, 0.29) is 75.2 Å². The molecule has 4 heavy (non-hydrogen) atoms. The molecule has 0 fully saturated rings. The van der Waals surface area contributed by atoms with Crippen LogP contribution in [0.3, 0.4) is 0 Å². The molecule has 0 rings (SSSR count). The molecule has 0 amide bonds. The maximum atomic E-state index is 0. The Labute approximate surface area is 74.3 Å². The molecule has 0 aromatic carbocycles. The smallest absolute Gasteiger partial charge is 0 e. The van der Waals surface area contributed by atoms with Crippen LogP contribution in [0.4, 0.5) is 0 Å². The van der Waals surface area contributed by atoms with Crippen molar-refractivity contribution in [3.8, 4) is 0 Å². The van der Waals surface area contributed by atoms with Gasteiger partial charge in [-0.1, -0.05) is 0 Å². The van der Waals surface area contributed by atoms with E-state index in [1.165, 1.54) is 0 Å². The van der Waals surface area contributed by atoms with Gasteiger partial charge in [-0.3, -0.25) is 0 Å². The predicted molar refractivity (Wildman–Crippen MR) is 11.5 cm³/mol. The minimum atomic E-state index is 0. The van der Waals surface area contributed by atoms with Crippen molar-refractivity contribution in [3.05, 3.63) is 0 Å². The summed E-state index contributed by atoms with van der Waals surface area (Å²) in [5.41, 5.74) is 0. The Balaban J connectivity index is 0. The van der Waals surface area contributed by atoms with Crippen molar-refractivity contribution in [1.29, 1.82) is 0 Å². The van der Waals surface area contributed by atoms with Gasteiger partial charge >= 0.3 is 0 Å². The minimum Gasteiger partial charge on any atom is 0 e. The van der Waals surface area contributed by atoms with Crippen LogP contribution in [-0.4, -0.2) is 41.9 Å². The van der Waals surface area contributed by atoms with Gasteiger partial charge in [-0.15, -0.1) is 0 Å². The average Bonchev–Trinajstić information content (AvgIpc) is 0. The third kappa shape index (κ3) is 8.84. The van der Waals surface area contributed by atoms with Crippen LogP contribution in [0, 0.1) is 0 Å². The van der Waals surface area contributed by atoms with Gasteiger partial charge < -0.3 is 0 Å². The Kier molecular flexibility index (Phi) is 150. The number of hydrogen-bond donors (Lipinski definition) is 0. The molecule has 0 heterocycles. The van der Waals surface area contributed by atoms with E-state index in [4.69, 9.17) is 0 Å². The molecule has 0 spiro atoms. The largest absolute Gasteiger partial charge is 0 e. The molecule has 0 saturated heterocycles. The monoisotopic (exact) mass is 148 g/mol. The maximum Gasteiger partial charge on any atom is 0 e. The van der Waals surface area contributed by atoms with Crippen molar-refractivity contribution in [1.82, 2.24) is 0 Å². The molecular weight excluding hydrogens is 149 g/mol. The SMILES string of the molecule is [Co].[Li].[Mg].[Ni]. The van der Waals surface area contributed by atoms with E-state index in [9.17, 15) is 0 Å². The first kappa shape index (κ1) is 32.8. The fourth-order valence-electron chi connectivity index (χ4n) is 0. The Morgan fingerprint density at radius 3 is 1.00 bits per heavy atom. The van der Waals surface area contributed by atoms with Crippen LogP contribution in [0.15, 0.2) is 0 Å². The van der Waals surface area contributed by atoms with Gasteiger partial charge in [0.2, 0.25) is 0 Å². The summed E-state index contributed by atoms with van der Waals surface area (Å²) in [4.78, 5) is 0. The zero-order chi connectivity index (χ0) is 0. The van der Waals surface area contributed by atoms with Gasteiger partial charge in [-0.2, -0.15) is 0 Å². The van der Waals surface area contributed by atoms with E-state index in [1.807, 2.05) is 0 Å². The zero-order valence-corrected chi connectivity index (χ0v) is 5.80. The summed E-state index contributed by atoms with van der Waals surface area (Å²) < 4.78 is 0. The molecule has 0 aliphatic heterocycles. The third-order valence-corrected chi connectivity index (χ3v) is 0. The van der Waals surface area contributed by atoms with Crippen LogP contribution in [0.2, 0.25) is 0 Å². The van der Waals surface area contributed by atoms with Crippen LogP contribution in [0.5, 0.6) is 0 Å². The molecule has 0 unspecified atom stereocenters. The van der Waals surface area contributed by atoms with E-state index in [0.717, 1.165) is 0 Å². The summed E-state index contributed by atoms with van der Waals surface area (Å²) in [5.74, 6) is 0. The van der Waals surface area contributed by atoms with Gasteiger partial charge in [0, 0.05) is 75.2 Å². The molecule has 0 nitrogen and oxygen atoms in total. The molecule has 4 heteroatoms. The van der Waals surface area contributed by atoms with Gasteiger partial charge in [0.05, 0.1) is 0 Å².